The summed E-state index contributed by atoms with van der Waals surface area (Å²) in [7, 11) is 1.48. The van der Waals surface area contributed by atoms with Crippen molar-refractivity contribution in [1.82, 2.24) is 0 Å². The van der Waals surface area contributed by atoms with Crippen LogP contribution in [0.4, 0.5) is 0 Å². The Morgan fingerprint density at radius 2 is 1.89 bits per heavy atom. The fourth-order valence-corrected chi connectivity index (χ4v) is 8.87. The summed E-state index contributed by atoms with van der Waals surface area (Å²) in [6, 6.07) is 0. The van der Waals surface area contributed by atoms with Gasteiger partial charge in [-0.3, -0.25) is 4.79 Å². The van der Waals surface area contributed by atoms with Crippen molar-refractivity contribution in [1.29, 1.82) is 0 Å². The van der Waals surface area contributed by atoms with Crippen molar-refractivity contribution in [3.05, 3.63) is 0 Å². The zero-order valence-corrected chi connectivity index (χ0v) is 18.6. The molecule has 3 nitrogen and oxygen atoms in total. The van der Waals surface area contributed by atoms with Crippen LogP contribution in [0.25, 0.3) is 0 Å². The van der Waals surface area contributed by atoms with Gasteiger partial charge in [-0.05, 0) is 97.7 Å². The summed E-state index contributed by atoms with van der Waals surface area (Å²) in [6.07, 6.45) is 13.2. The number of rotatable bonds is 4. The van der Waals surface area contributed by atoms with E-state index < -0.39 is 0 Å². The molecule has 0 aliphatic heterocycles. The summed E-state index contributed by atoms with van der Waals surface area (Å²) in [6.45, 7) is 7.29. The lowest BCUT2D eigenvalue weighted by Crippen LogP contribution is -2.58. The van der Waals surface area contributed by atoms with E-state index in [1.807, 2.05) is 0 Å². The first-order valence-corrected chi connectivity index (χ1v) is 12.1. The van der Waals surface area contributed by atoms with Gasteiger partial charge in [0.2, 0.25) is 0 Å². The Kier molecular flexibility index (Phi) is 5.61. The van der Waals surface area contributed by atoms with Gasteiger partial charge < -0.3 is 9.84 Å². The van der Waals surface area contributed by atoms with Gasteiger partial charge in [0.25, 0.3) is 0 Å². The predicted octanol–water partition coefficient (Wildman–Crippen LogP) is 5.60. The van der Waals surface area contributed by atoms with Crippen LogP contribution < -0.4 is 0 Å². The highest BCUT2D eigenvalue weighted by Crippen LogP contribution is 2.68. The van der Waals surface area contributed by atoms with E-state index in [9.17, 15) is 9.90 Å². The number of hydrogen-bond donors (Lipinski definition) is 1. The zero-order valence-electron chi connectivity index (χ0n) is 18.6. The highest BCUT2D eigenvalue weighted by Gasteiger charge is 2.63. The molecule has 0 bridgehead atoms. The average Bonchev–Trinajstić information content (AvgIpc) is 3.05. The molecule has 0 radical (unpaired) electrons. The fraction of sp³-hybridized carbons (Fsp3) is 0.960. The predicted molar refractivity (Wildman–Crippen MR) is 112 cm³/mol. The number of carbonyl (C=O) groups is 1. The van der Waals surface area contributed by atoms with Gasteiger partial charge in [-0.1, -0.05) is 33.6 Å². The molecule has 0 aromatic rings. The van der Waals surface area contributed by atoms with Crippen molar-refractivity contribution in [2.45, 2.75) is 97.5 Å². The largest absolute Gasteiger partial charge is 0.469 e. The summed E-state index contributed by atoms with van der Waals surface area (Å²) in [4.78, 5) is 11.6. The van der Waals surface area contributed by atoms with Crippen LogP contribution in [0.2, 0.25) is 0 Å². The van der Waals surface area contributed by atoms with E-state index >= 15 is 0 Å². The summed E-state index contributed by atoms with van der Waals surface area (Å²) in [5.41, 5.74) is 0.507. The summed E-state index contributed by atoms with van der Waals surface area (Å²) in [5, 5.41) is 11.5. The maximum absolute atomic E-state index is 11.6. The topological polar surface area (TPSA) is 46.5 Å². The third-order valence-corrected chi connectivity index (χ3v) is 10.5. The Labute approximate surface area is 172 Å². The van der Waals surface area contributed by atoms with Crippen molar-refractivity contribution in [2.24, 2.45) is 46.3 Å². The molecule has 9 atom stereocenters. The molecule has 28 heavy (non-hydrogen) atoms. The van der Waals surface area contributed by atoms with Crippen LogP contribution in [0.1, 0.15) is 91.4 Å². The number of aliphatic hydroxyl groups excluding tert-OH is 1. The van der Waals surface area contributed by atoms with Crippen molar-refractivity contribution < 1.29 is 14.6 Å². The SMILES string of the molecule is COC(=O)CC[C@H](C)[C@H]1CC[C@H]2[C@@H]3CC[C@@H]4CCCC[C@]4(C)[C@H]3C[C@H](O)[C@]12C. The molecule has 1 N–H and O–H groups in total. The van der Waals surface area contributed by atoms with Gasteiger partial charge in [0.1, 0.15) is 0 Å². The first-order valence-electron chi connectivity index (χ1n) is 12.1. The molecule has 4 rings (SSSR count). The van der Waals surface area contributed by atoms with E-state index in [2.05, 4.69) is 20.8 Å². The molecule has 160 valence electrons. The van der Waals surface area contributed by atoms with E-state index in [4.69, 9.17) is 4.74 Å². The second kappa shape index (κ2) is 7.60. The molecule has 0 heterocycles. The zero-order chi connectivity index (χ0) is 20.1. The monoisotopic (exact) mass is 390 g/mol. The highest BCUT2D eigenvalue weighted by molar-refractivity contribution is 5.69. The lowest BCUT2D eigenvalue weighted by atomic mass is 9.44. The lowest BCUT2D eigenvalue weighted by Gasteiger charge is -2.62. The molecule has 0 aromatic carbocycles. The summed E-state index contributed by atoms with van der Waals surface area (Å²) in [5.74, 6) is 4.02. The second-order valence-corrected chi connectivity index (χ2v) is 11.3. The van der Waals surface area contributed by atoms with Crippen LogP contribution in [0.15, 0.2) is 0 Å². The van der Waals surface area contributed by atoms with Crippen LogP contribution in [-0.2, 0) is 9.53 Å². The third-order valence-electron chi connectivity index (χ3n) is 10.5. The first-order chi connectivity index (χ1) is 13.3. The number of hydrogen-bond acceptors (Lipinski definition) is 3. The Morgan fingerprint density at radius 3 is 2.64 bits per heavy atom. The Hall–Kier alpha value is -0.570. The molecule has 0 spiro atoms. The molecule has 4 aliphatic carbocycles. The normalized spacial score (nSPS) is 48.9. The van der Waals surface area contributed by atoms with Crippen LogP contribution in [-0.4, -0.2) is 24.3 Å². The van der Waals surface area contributed by atoms with Crippen molar-refractivity contribution >= 4 is 5.97 Å². The lowest BCUT2D eigenvalue weighted by molar-refractivity contribution is -0.168. The quantitative estimate of drug-likeness (QED) is 0.636. The number of esters is 1. The molecular weight excluding hydrogens is 348 g/mol. The standard InChI is InChI=1S/C25H42O3/c1-16(8-13-23(27)28-4)19-11-12-20-18-10-9-17-7-5-6-14-24(17,2)21(18)15-22(26)25(19,20)3/h16-22,26H,5-15H2,1-4H3/t16-,17-,18-,19+,20-,21-,22-,24-,25+/m0/s1. The Morgan fingerprint density at radius 1 is 1.11 bits per heavy atom. The molecule has 4 aliphatic rings. The average molecular weight is 391 g/mol. The molecule has 0 amide bonds. The summed E-state index contributed by atoms with van der Waals surface area (Å²) < 4.78 is 4.86. The molecule has 4 saturated carbocycles. The second-order valence-electron chi connectivity index (χ2n) is 11.3. The van der Waals surface area contributed by atoms with Gasteiger partial charge in [0.05, 0.1) is 13.2 Å². The molecule has 0 unspecified atom stereocenters. The Bertz CT molecular complexity index is 588. The molecule has 0 saturated heterocycles. The molecule has 0 aromatic heterocycles. The van der Waals surface area contributed by atoms with E-state index in [0.717, 1.165) is 30.6 Å². The summed E-state index contributed by atoms with van der Waals surface area (Å²) >= 11 is 0. The van der Waals surface area contributed by atoms with E-state index in [0.29, 0.717) is 29.6 Å². The van der Waals surface area contributed by atoms with Crippen LogP contribution >= 0.6 is 0 Å². The minimum atomic E-state index is -0.177. The maximum atomic E-state index is 11.6. The van der Waals surface area contributed by atoms with Crippen LogP contribution in [0, 0.1) is 46.3 Å². The Balaban J connectivity index is 1.54. The van der Waals surface area contributed by atoms with Gasteiger partial charge in [-0.15, -0.1) is 0 Å². The minimum absolute atomic E-state index is 0.0363. The van der Waals surface area contributed by atoms with Gasteiger partial charge in [0, 0.05) is 6.42 Å². The minimum Gasteiger partial charge on any atom is -0.469 e. The van der Waals surface area contributed by atoms with Gasteiger partial charge in [0.15, 0.2) is 0 Å². The van der Waals surface area contributed by atoms with E-state index in [1.165, 1.54) is 58.5 Å². The first kappa shape index (κ1) is 20.7. The molecule has 4 fully saturated rings. The smallest absolute Gasteiger partial charge is 0.305 e. The number of carbonyl (C=O) groups excluding carboxylic acids is 1. The van der Waals surface area contributed by atoms with Crippen molar-refractivity contribution in [3.63, 3.8) is 0 Å². The van der Waals surface area contributed by atoms with Crippen molar-refractivity contribution in [2.75, 3.05) is 7.11 Å². The fourth-order valence-electron chi connectivity index (χ4n) is 8.87. The molecule has 3 heteroatoms. The van der Waals surface area contributed by atoms with Crippen molar-refractivity contribution in [3.8, 4) is 0 Å². The number of fused-ring (bicyclic) bond motifs is 5. The third kappa shape index (κ3) is 3.06. The van der Waals surface area contributed by atoms with Gasteiger partial charge in [-0.25, -0.2) is 0 Å². The maximum Gasteiger partial charge on any atom is 0.305 e. The van der Waals surface area contributed by atoms with E-state index in [1.54, 1.807) is 0 Å². The van der Waals surface area contributed by atoms with Crippen LogP contribution in [0.3, 0.4) is 0 Å². The van der Waals surface area contributed by atoms with Gasteiger partial charge in [-0.2, -0.15) is 0 Å². The molecular formula is C25H42O3. The highest BCUT2D eigenvalue weighted by atomic mass is 16.5. The van der Waals surface area contributed by atoms with E-state index in [-0.39, 0.29) is 17.5 Å². The van der Waals surface area contributed by atoms with Crippen LogP contribution in [0.5, 0.6) is 0 Å². The number of aliphatic hydroxyl groups is 1. The van der Waals surface area contributed by atoms with Gasteiger partial charge >= 0.3 is 5.97 Å². The number of ether oxygens (including phenoxy) is 1. The number of methoxy groups -OCH3 is 1.